The summed E-state index contributed by atoms with van der Waals surface area (Å²) in [5.41, 5.74) is 1.98. The van der Waals surface area contributed by atoms with Gasteiger partial charge in [-0.1, -0.05) is 48.0 Å². The van der Waals surface area contributed by atoms with Crippen LogP contribution in [0.4, 0.5) is 13.2 Å². The van der Waals surface area contributed by atoms with E-state index in [4.69, 9.17) is 25.8 Å². The number of fused-ring (bicyclic) bond motifs is 1. The second-order valence-electron chi connectivity index (χ2n) is 8.35. The summed E-state index contributed by atoms with van der Waals surface area (Å²) in [4.78, 5) is 0. The number of rotatable bonds is 9. The van der Waals surface area contributed by atoms with Crippen LogP contribution in [0.5, 0.6) is 0 Å². The van der Waals surface area contributed by atoms with Crippen molar-refractivity contribution in [1.82, 2.24) is 0 Å². The van der Waals surface area contributed by atoms with E-state index >= 15 is 4.39 Å². The van der Waals surface area contributed by atoms with Gasteiger partial charge in [0.15, 0.2) is 6.29 Å². The summed E-state index contributed by atoms with van der Waals surface area (Å²) >= 11 is 5.53. The Kier molecular flexibility index (Phi) is 8.27. The van der Waals surface area contributed by atoms with E-state index in [0.29, 0.717) is 55.6 Å². The quantitative estimate of drug-likeness (QED) is 0.251. The third kappa shape index (κ3) is 5.99. The normalized spacial score (nSPS) is 18.4. The summed E-state index contributed by atoms with van der Waals surface area (Å²) in [5.74, 6) is -1.94. The van der Waals surface area contributed by atoms with Gasteiger partial charge in [0, 0.05) is 11.8 Å². The van der Waals surface area contributed by atoms with E-state index in [1.165, 1.54) is 12.1 Å². The summed E-state index contributed by atoms with van der Waals surface area (Å²) in [6.07, 6.45) is 3.36. The average molecular weight is 491 g/mol. The van der Waals surface area contributed by atoms with Crippen molar-refractivity contribution in [2.75, 3.05) is 19.8 Å². The molecule has 0 unspecified atom stereocenters. The van der Waals surface area contributed by atoms with Crippen LogP contribution in [0, 0.1) is 17.5 Å². The fraction of sp³-hybridized carbons (Fsp3) is 0.333. The molecule has 0 saturated carbocycles. The second-order valence-corrected chi connectivity index (χ2v) is 8.72. The number of ether oxygens (including phenoxy) is 3. The lowest BCUT2D eigenvalue weighted by Crippen LogP contribution is -2.37. The predicted molar refractivity (Wildman–Crippen MR) is 127 cm³/mol. The minimum atomic E-state index is -0.812. The van der Waals surface area contributed by atoms with Crippen LogP contribution < -0.4 is 0 Å². The van der Waals surface area contributed by atoms with Crippen LogP contribution in [0.1, 0.15) is 23.1 Å². The first kappa shape index (κ1) is 24.7. The Labute approximate surface area is 202 Å². The first-order valence-electron chi connectivity index (χ1n) is 11.2. The highest BCUT2D eigenvalue weighted by Crippen LogP contribution is 2.26. The zero-order chi connectivity index (χ0) is 24.1. The molecular formula is C27H26ClF3O3. The van der Waals surface area contributed by atoms with Crippen LogP contribution in [-0.4, -0.2) is 32.2 Å². The Morgan fingerprint density at radius 3 is 2.38 bits per heavy atom. The van der Waals surface area contributed by atoms with E-state index in [0.717, 1.165) is 17.4 Å². The molecule has 1 aliphatic rings. The van der Waals surface area contributed by atoms with Gasteiger partial charge < -0.3 is 14.2 Å². The molecule has 3 aromatic carbocycles. The van der Waals surface area contributed by atoms with Crippen molar-refractivity contribution >= 4 is 22.4 Å². The second kappa shape index (κ2) is 11.4. The van der Waals surface area contributed by atoms with Crippen LogP contribution in [-0.2, 0) is 33.5 Å². The maximum atomic E-state index is 15.1. The third-order valence-electron chi connectivity index (χ3n) is 5.88. The van der Waals surface area contributed by atoms with E-state index in [2.05, 4.69) is 6.58 Å². The fourth-order valence-electron chi connectivity index (χ4n) is 4.04. The maximum Gasteiger partial charge on any atom is 0.158 e. The lowest BCUT2D eigenvalue weighted by Gasteiger charge is -2.29. The summed E-state index contributed by atoms with van der Waals surface area (Å²) in [5, 5.41) is 0.785. The number of hydrogen-bond acceptors (Lipinski definition) is 3. The van der Waals surface area contributed by atoms with E-state index in [1.807, 2.05) is 18.2 Å². The topological polar surface area (TPSA) is 27.7 Å². The predicted octanol–water partition coefficient (Wildman–Crippen LogP) is 6.57. The van der Waals surface area contributed by atoms with Crippen molar-refractivity contribution in [2.45, 2.75) is 38.1 Å². The highest BCUT2D eigenvalue weighted by atomic mass is 35.5. The molecule has 4 rings (SSSR count). The van der Waals surface area contributed by atoms with Crippen molar-refractivity contribution in [3.63, 3.8) is 0 Å². The zero-order valence-electron chi connectivity index (χ0n) is 18.7. The SMILES string of the molecule is C=CCOC1COC(CCc2ccc3c(F)c(CCc4cc(F)c(Cl)c(F)c4)ccc3c2)OC1. The molecule has 3 aromatic rings. The molecule has 1 aliphatic heterocycles. The van der Waals surface area contributed by atoms with Crippen molar-refractivity contribution < 1.29 is 27.4 Å². The van der Waals surface area contributed by atoms with Gasteiger partial charge in [0.05, 0.1) is 19.8 Å². The number of aryl methyl sites for hydroxylation is 3. The van der Waals surface area contributed by atoms with Crippen LogP contribution in [0.2, 0.25) is 5.02 Å². The van der Waals surface area contributed by atoms with Crippen molar-refractivity contribution in [3.8, 4) is 0 Å². The van der Waals surface area contributed by atoms with Crippen LogP contribution in [0.25, 0.3) is 10.8 Å². The zero-order valence-corrected chi connectivity index (χ0v) is 19.4. The Morgan fingerprint density at radius 2 is 1.68 bits per heavy atom. The molecule has 0 atom stereocenters. The van der Waals surface area contributed by atoms with Crippen LogP contribution >= 0.6 is 11.6 Å². The Hall–Kier alpha value is -2.38. The molecule has 3 nitrogen and oxygen atoms in total. The Bertz CT molecular complexity index is 1140. The van der Waals surface area contributed by atoms with Gasteiger partial charge in [-0.05, 0) is 53.5 Å². The molecule has 0 amide bonds. The van der Waals surface area contributed by atoms with Crippen molar-refractivity contribution in [2.24, 2.45) is 0 Å². The van der Waals surface area contributed by atoms with E-state index in [1.54, 1.807) is 18.2 Å². The summed E-state index contributed by atoms with van der Waals surface area (Å²) < 4.78 is 59.4. The highest BCUT2D eigenvalue weighted by Gasteiger charge is 2.22. The van der Waals surface area contributed by atoms with Crippen molar-refractivity contribution in [3.05, 3.63) is 94.3 Å². The van der Waals surface area contributed by atoms with E-state index in [-0.39, 0.29) is 18.2 Å². The minimum Gasteiger partial charge on any atom is -0.369 e. The highest BCUT2D eigenvalue weighted by molar-refractivity contribution is 6.30. The van der Waals surface area contributed by atoms with Gasteiger partial charge in [-0.25, -0.2) is 13.2 Å². The van der Waals surface area contributed by atoms with E-state index in [9.17, 15) is 8.78 Å². The molecule has 0 aromatic heterocycles. The minimum absolute atomic E-state index is 0.0789. The smallest absolute Gasteiger partial charge is 0.158 e. The summed E-state index contributed by atoms with van der Waals surface area (Å²) in [6.45, 7) is 5.06. The monoisotopic (exact) mass is 490 g/mol. The number of hydrogen-bond donors (Lipinski definition) is 0. The van der Waals surface area contributed by atoms with Gasteiger partial charge in [0.2, 0.25) is 0 Å². The largest absolute Gasteiger partial charge is 0.369 e. The number of benzene rings is 3. The first-order chi connectivity index (χ1) is 16.4. The fourth-order valence-corrected chi connectivity index (χ4v) is 4.15. The van der Waals surface area contributed by atoms with Gasteiger partial charge in [0.25, 0.3) is 0 Å². The molecule has 7 heteroatoms. The molecule has 1 fully saturated rings. The first-order valence-corrected chi connectivity index (χ1v) is 11.6. The van der Waals surface area contributed by atoms with Gasteiger partial charge in [-0.15, -0.1) is 6.58 Å². The molecule has 0 aliphatic carbocycles. The van der Waals surface area contributed by atoms with Crippen LogP contribution in [0.15, 0.2) is 55.1 Å². The van der Waals surface area contributed by atoms with Gasteiger partial charge in [-0.2, -0.15) is 0 Å². The van der Waals surface area contributed by atoms with E-state index < -0.39 is 16.7 Å². The Balaban J connectivity index is 1.36. The molecule has 0 bridgehead atoms. The summed E-state index contributed by atoms with van der Waals surface area (Å²) in [7, 11) is 0. The molecule has 0 spiro atoms. The Morgan fingerprint density at radius 1 is 0.941 bits per heavy atom. The summed E-state index contributed by atoms with van der Waals surface area (Å²) in [6, 6.07) is 11.6. The molecule has 1 saturated heterocycles. The van der Waals surface area contributed by atoms with Gasteiger partial charge >= 0.3 is 0 Å². The lowest BCUT2D eigenvalue weighted by atomic mass is 9.98. The molecule has 34 heavy (non-hydrogen) atoms. The molecule has 180 valence electrons. The van der Waals surface area contributed by atoms with Crippen molar-refractivity contribution in [1.29, 1.82) is 0 Å². The molecular weight excluding hydrogens is 465 g/mol. The molecule has 1 heterocycles. The van der Waals surface area contributed by atoms with Crippen LogP contribution in [0.3, 0.4) is 0 Å². The molecule has 0 radical (unpaired) electrons. The maximum absolute atomic E-state index is 15.1. The average Bonchev–Trinajstić information content (AvgIpc) is 2.85. The number of halogens is 4. The lowest BCUT2D eigenvalue weighted by molar-refractivity contribution is -0.225. The van der Waals surface area contributed by atoms with Gasteiger partial charge in [0.1, 0.15) is 28.6 Å². The third-order valence-corrected chi connectivity index (χ3v) is 6.24. The molecule has 0 N–H and O–H groups in total. The van der Waals surface area contributed by atoms with Gasteiger partial charge in [-0.3, -0.25) is 0 Å². The standard InChI is InChI=1S/C27H26ClF3O3/c1-2-11-32-21-15-33-25(34-16-21)10-5-17-4-9-22-20(12-17)8-7-19(27(22)31)6-3-18-13-23(29)26(28)24(30)14-18/h2,4,7-9,12-14,21,25H,1,3,5-6,10-11,15-16H2.